The summed E-state index contributed by atoms with van der Waals surface area (Å²) in [4.78, 5) is 12.0. The highest BCUT2D eigenvalue weighted by Crippen LogP contribution is 2.28. The third kappa shape index (κ3) is 5.99. The summed E-state index contributed by atoms with van der Waals surface area (Å²) in [5.74, 6) is 0.398. The highest BCUT2D eigenvalue weighted by molar-refractivity contribution is 9.10. The van der Waals surface area contributed by atoms with Crippen LogP contribution in [0.5, 0.6) is 5.75 Å². The van der Waals surface area contributed by atoms with Crippen molar-refractivity contribution in [1.82, 2.24) is 0 Å². The van der Waals surface area contributed by atoms with Crippen molar-refractivity contribution < 1.29 is 9.53 Å². The number of carbonyl (C=O) groups excluding carboxylic acids is 1. The molecule has 0 aliphatic heterocycles. The molecule has 144 valence electrons. The van der Waals surface area contributed by atoms with Crippen molar-refractivity contribution in [3.63, 3.8) is 0 Å². The third-order valence-electron chi connectivity index (χ3n) is 3.83. The molecular weight excluding hydrogens is 508 g/mol. The largest absolute Gasteiger partial charge is 0.483 e. The lowest BCUT2D eigenvalue weighted by atomic mass is 10.2. The molecule has 0 heterocycles. The highest BCUT2D eigenvalue weighted by Gasteiger charge is 2.07. The molecule has 1 amide bonds. The summed E-state index contributed by atoms with van der Waals surface area (Å²) in [6.45, 7) is 0.563. The lowest BCUT2D eigenvalue weighted by Crippen LogP contribution is -2.20. The summed E-state index contributed by atoms with van der Waals surface area (Å²) < 4.78 is 7.26. The van der Waals surface area contributed by atoms with Crippen LogP contribution in [0.15, 0.2) is 75.7 Å². The number of carbonyl (C=O) groups is 1. The fourth-order valence-corrected chi connectivity index (χ4v) is 3.41. The SMILES string of the molecule is O=C(COc1ccc(CNc2ccc(Br)c(Cl)c2)cc1Br)Nc1ccccc1. The third-order valence-corrected chi connectivity index (χ3v) is 5.68. The van der Waals surface area contributed by atoms with Gasteiger partial charge < -0.3 is 15.4 Å². The van der Waals surface area contributed by atoms with Crippen LogP contribution in [0, 0.1) is 0 Å². The van der Waals surface area contributed by atoms with Gasteiger partial charge in [0.2, 0.25) is 0 Å². The molecule has 0 aliphatic carbocycles. The normalized spacial score (nSPS) is 10.4. The zero-order chi connectivity index (χ0) is 19.9. The molecule has 0 atom stereocenters. The first-order valence-corrected chi connectivity index (χ1v) is 10.4. The van der Waals surface area contributed by atoms with E-state index in [1.807, 2.05) is 66.7 Å². The van der Waals surface area contributed by atoms with Gasteiger partial charge in [-0.05, 0) is 79.9 Å². The molecule has 28 heavy (non-hydrogen) atoms. The highest BCUT2D eigenvalue weighted by atomic mass is 79.9. The van der Waals surface area contributed by atoms with Gasteiger partial charge in [0.1, 0.15) is 5.75 Å². The number of benzene rings is 3. The van der Waals surface area contributed by atoms with Gasteiger partial charge in [-0.3, -0.25) is 4.79 Å². The molecule has 3 aromatic carbocycles. The van der Waals surface area contributed by atoms with Crippen LogP contribution >= 0.6 is 43.5 Å². The Morgan fingerprint density at radius 3 is 2.43 bits per heavy atom. The molecule has 3 rings (SSSR count). The van der Waals surface area contributed by atoms with E-state index in [4.69, 9.17) is 16.3 Å². The number of hydrogen-bond donors (Lipinski definition) is 2. The number of halogens is 3. The van der Waals surface area contributed by atoms with Gasteiger partial charge in [-0.2, -0.15) is 0 Å². The van der Waals surface area contributed by atoms with E-state index in [1.54, 1.807) is 0 Å². The molecule has 0 fully saturated rings. The van der Waals surface area contributed by atoms with Crippen molar-refractivity contribution in [2.75, 3.05) is 17.2 Å². The van der Waals surface area contributed by atoms with Gasteiger partial charge in [0.15, 0.2) is 6.61 Å². The van der Waals surface area contributed by atoms with Gasteiger partial charge in [0.25, 0.3) is 5.91 Å². The predicted octanol–water partition coefficient (Wildman–Crippen LogP) is 6.49. The molecule has 3 aromatic rings. The van der Waals surface area contributed by atoms with Crippen molar-refractivity contribution >= 4 is 60.7 Å². The van der Waals surface area contributed by atoms with Crippen molar-refractivity contribution in [2.24, 2.45) is 0 Å². The summed E-state index contributed by atoms with van der Waals surface area (Å²) in [5.41, 5.74) is 2.74. The first-order valence-electron chi connectivity index (χ1n) is 8.46. The van der Waals surface area contributed by atoms with Gasteiger partial charge in [-0.25, -0.2) is 0 Å². The van der Waals surface area contributed by atoms with E-state index in [0.717, 1.165) is 25.9 Å². The van der Waals surface area contributed by atoms with Crippen LogP contribution in [-0.2, 0) is 11.3 Å². The minimum Gasteiger partial charge on any atom is -0.483 e. The predicted molar refractivity (Wildman–Crippen MR) is 121 cm³/mol. The Hall–Kier alpha value is -2.02. The van der Waals surface area contributed by atoms with E-state index in [9.17, 15) is 4.79 Å². The molecular formula is C21H17Br2ClN2O2. The van der Waals surface area contributed by atoms with Crippen LogP contribution < -0.4 is 15.4 Å². The van der Waals surface area contributed by atoms with E-state index >= 15 is 0 Å². The standard InChI is InChI=1S/C21H17Br2ClN2O2/c22-17-8-7-16(11-19(17)24)25-12-14-6-9-20(18(23)10-14)28-13-21(27)26-15-4-2-1-3-5-15/h1-11,25H,12-13H2,(H,26,27). The van der Waals surface area contributed by atoms with E-state index in [1.165, 1.54) is 0 Å². The van der Waals surface area contributed by atoms with Crippen molar-refractivity contribution in [3.8, 4) is 5.75 Å². The van der Waals surface area contributed by atoms with Crippen LogP contribution in [0.3, 0.4) is 0 Å². The molecule has 0 saturated heterocycles. The van der Waals surface area contributed by atoms with Crippen LogP contribution in [-0.4, -0.2) is 12.5 Å². The number of amides is 1. The van der Waals surface area contributed by atoms with Crippen molar-refractivity contribution in [1.29, 1.82) is 0 Å². The number of ether oxygens (including phenoxy) is 1. The quantitative estimate of drug-likeness (QED) is 0.371. The number of rotatable bonds is 7. The Labute approximate surface area is 185 Å². The second-order valence-electron chi connectivity index (χ2n) is 5.95. The van der Waals surface area contributed by atoms with E-state index in [0.29, 0.717) is 17.3 Å². The van der Waals surface area contributed by atoms with Crippen LogP contribution in [0.1, 0.15) is 5.56 Å². The summed E-state index contributed by atoms with van der Waals surface area (Å²) in [7, 11) is 0. The fraction of sp³-hybridized carbons (Fsp3) is 0.0952. The molecule has 0 radical (unpaired) electrons. The number of hydrogen-bond acceptors (Lipinski definition) is 3. The molecule has 0 unspecified atom stereocenters. The molecule has 4 nitrogen and oxygen atoms in total. The van der Waals surface area contributed by atoms with E-state index in [-0.39, 0.29) is 12.5 Å². The number of anilines is 2. The molecule has 0 aliphatic rings. The van der Waals surface area contributed by atoms with E-state index in [2.05, 4.69) is 42.5 Å². The Morgan fingerprint density at radius 1 is 0.929 bits per heavy atom. The number of nitrogens with one attached hydrogen (secondary N) is 2. The lowest BCUT2D eigenvalue weighted by Gasteiger charge is -2.11. The second kappa shape index (κ2) is 9.96. The maximum Gasteiger partial charge on any atom is 0.262 e. The molecule has 2 N–H and O–H groups in total. The van der Waals surface area contributed by atoms with Gasteiger partial charge >= 0.3 is 0 Å². The van der Waals surface area contributed by atoms with E-state index < -0.39 is 0 Å². The molecule has 0 saturated carbocycles. The van der Waals surface area contributed by atoms with Crippen molar-refractivity contribution in [3.05, 3.63) is 86.3 Å². The average molecular weight is 525 g/mol. The maximum absolute atomic E-state index is 12.0. The fourth-order valence-electron chi connectivity index (χ4n) is 2.44. The van der Waals surface area contributed by atoms with Gasteiger partial charge in [0.05, 0.1) is 9.50 Å². The molecule has 0 spiro atoms. The van der Waals surface area contributed by atoms with Gasteiger partial charge in [-0.1, -0.05) is 35.9 Å². The van der Waals surface area contributed by atoms with Crippen LogP contribution in [0.2, 0.25) is 5.02 Å². The Balaban J connectivity index is 1.53. The van der Waals surface area contributed by atoms with Gasteiger partial charge in [-0.15, -0.1) is 0 Å². The molecule has 7 heteroatoms. The zero-order valence-electron chi connectivity index (χ0n) is 14.7. The summed E-state index contributed by atoms with van der Waals surface area (Å²) in [6.07, 6.45) is 0. The van der Waals surface area contributed by atoms with Crippen LogP contribution in [0.4, 0.5) is 11.4 Å². The number of para-hydroxylation sites is 1. The summed E-state index contributed by atoms with van der Waals surface area (Å²) in [5, 5.41) is 6.76. The topological polar surface area (TPSA) is 50.4 Å². The van der Waals surface area contributed by atoms with Crippen molar-refractivity contribution in [2.45, 2.75) is 6.54 Å². The first kappa shape index (κ1) is 20.7. The average Bonchev–Trinajstić information content (AvgIpc) is 2.69. The molecule has 0 bridgehead atoms. The minimum absolute atomic E-state index is 0.0670. The first-order chi connectivity index (χ1) is 13.5. The zero-order valence-corrected chi connectivity index (χ0v) is 18.6. The van der Waals surface area contributed by atoms with Crippen LogP contribution in [0.25, 0.3) is 0 Å². The Kier molecular flexibility index (Phi) is 7.36. The second-order valence-corrected chi connectivity index (χ2v) is 8.07. The monoisotopic (exact) mass is 522 g/mol. The smallest absolute Gasteiger partial charge is 0.262 e. The molecule has 0 aromatic heterocycles. The maximum atomic E-state index is 12.0. The minimum atomic E-state index is -0.212. The Morgan fingerprint density at radius 2 is 1.71 bits per heavy atom. The summed E-state index contributed by atoms with van der Waals surface area (Å²) in [6, 6.07) is 20.7. The Bertz CT molecular complexity index is 968. The summed E-state index contributed by atoms with van der Waals surface area (Å²) >= 11 is 13.0. The lowest BCUT2D eigenvalue weighted by molar-refractivity contribution is -0.118. The van der Waals surface area contributed by atoms with Gasteiger partial charge in [0, 0.05) is 22.4 Å².